The molecule has 0 spiro atoms. The quantitative estimate of drug-likeness (QED) is 0.474. The van der Waals surface area contributed by atoms with Crippen LogP contribution in [0.5, 0.6) is 0 Å². The first-order valence-electron chi connectivity index (χ1n) is 6.86. The standard InChI is InChI=1S/C17H21N3.HI/c1-18-17(19-2)20-13-12-14-8-10-16(11-9-14)15-6-4-3-5-7-15;/h3-11H,12-13H2,1-2H3,(H2,18,19,20);1H. The number of benzene rings is 2. The molecule has 0 amide bonds. The number of aliphatic imine (C=N–C) groups is 1. The fourth-order valence-corrected chi connectivity index (χ4v) is 2.10. The van der Waals surface area contributed by atoms with Gasteiger partial charge in [-0.1, -0.05) is 54.6 Å². The van der Waals surface area contributed by atoms with Crippen molar-refractivity contribution in [3.8, 4) is 11.1 Å². The Kier molecular flexibility index (Phi) is 7.82. The van der Waals surface area contributed by atoms with Gasteiger partial charge >= 0.3 is 0 Å². The lowest BCUT2D eigenvalue weighted by molar-refractivity contribution is 0.834. The van der Waals surface area contributed by atoms with Crippen molar-refractivity contribution in [2.75, 3.05) is 20.6 Å². The van der Waals surface area contributed by atoms with Gasteiger partial charge in [0, 0.05) is 20.6 Å². The zero-order valence-corrected chi connectivity index (χ0v) is 14.8. The van der Waals surface area contributed by atoms with Crippen molar-refractivity contribution in [3.63, 3.8) is 0 Å². The van der Waals surface area contributed by atoms with E-state index in [0.717, 1.165) is 18.9 Å². The van der Waals surface area contributed by atoms with Crippen LogP contribution in [0, 0.1) is 0 Å². The molecule has 0 atom stereocenters. The number of hydrogen-bond donors (Lipinski definition) is 2. The number of nitrogens with zero attached hydrogens (tertiary/aromatic N) is 1. The highest BCUT2D eigenvalue weighted by Crippen LogP contribution is 2.19. The number of rotatable bonds is 4. The second-order valence-electron chi connectivity index (χ2n) is 4.56. The van der Waals surface area contributed by atoms with Crippen LogP contribution in [0.4, 0.5) is 0 Å². The summed E-state index contributed by atoms with van der Waals surface area (Å²) < 4.78 is 0. The summed E-state index contributed by atoms with van der Waals surface area (Å²) in [6, 6.07) is 19.2. The minimum absolute atomic E-state index is 0. The molecule has 0 saturated heterocycles. The molecule has 0 aliphatic heterocycles. The number of guanidine groups is 1. The smallest absolute Gasteiger partial charge is 0.190 e. The van der Waals surface area contributed by atoms with Gasteiger partial charge in [-0.2, -0.15) is 0 Å². The van der Waals surface area contributed by atoms with Crippen LogP contribution < -0.4 is 10.6 Å². The average molecular weight is 395 g/mol. The Bertz CT molecular complexity index is 550. The molecule has 2 aromatic carbocycles. The van der Waals surface area contributed by atoms with Gasteiger partial charge in [-0.25, -0.2) is 0 Å². The van der Waals surface area contributed by atoms with E-state index < -0.39 is 0 Å². The van der Waals surface area contributed by atoms with Gasteiger partial charge in [0.05, 0.1) is 0 Å². The van der Waals surface area contributed by atoms with Crippen LogP contribution in [0.15, 0.2) is 59.6 Å². The molecule has 0 unspecified atom stereocenters. The van der Waals surface area contributed by atoms with Crippen LogP contribution in [0.2, 0.25) is 0 Å². The van der Waals surface area contributed by atoms with Crippen LogP contribution in [-0.4, -0.2) is 26.6 Å². The largest absolute Gasteiger partial charge is 0.359 e. The highest BCUT2D eigenvalue weighted by Gasteiger charge is 1.98. The molecule has 0 bridgehead atoms. The lowest BCUT2D eigenvalue weighted by Crippen LogP contribution is -2.35. The van der Waals surface area contributed by atoms with E-state index in [4.69, 9.17) is 0 Å². The van der Waals surface area contributed by atoms with Gasteiger partial charge in [0.15, 0.2) is 5.96 Å². The first-order chi connectivity index (χ1) is 9.83. The van der Waals surface area contributed by atoms with E-state index in [2.05, 4.69) is 64.2 Å². The summed E-state index contributed by atoms with van der Waals surface area (Å²) in [5.41, 5.74) is 3.84. The Hall–Kier alpha value is -1.56. The Morgan fingerprint density at radius 3 is 2.14 bits per heavy atom. The predicted molar refractivity (Wildman–Crippen MR) is 101 cm³/mol. The van der Waals surface area contributed by atoms with Crippen LogP contribution in [0.25, 0.3) is 11.1 Å². The second-order valence-corrected chi connectivity index (χ2v) is 4.56. The number of nitrogens with one attached hydrogen (secondary N) is 2. The molecule has 0 saturated carbocycles. The van der Waals surface area contributed by atoms with Gasteiger partial charge < -0.3 is 10.6 Å². The van der Waals surface area contributed by atoms with E-state index in [1.54, 1.807) is 7.05 Å². The van der Waals surface area contributed by atoms with E-state index in [1.807, 2.05) is 13.1 Å². The van der Waals surface area contributed by atoms with E-state index >= 15 is 0 Å². The molecule has 0 aliphatic carbocycles. The van der Waals surface area contributed by atoms with Crippen LogP contribution in [0.1, 0.15) is 5.56 Å². The first-order valence-corrected chi connectivity index (χ1v) is 6.86. The molecule has 2 rings (SSSR count). The molecular weight excluding hydrogens is 373 g/mol. The van der Waals surface area contributed by atoms with Gasteiger partial charge in [0.2, 0.25) is 0 Å². The molecule has 21 heavy (non-hydrogen) atoms. The lowest BCUT2D eigenvalue weighted by Gasteiger charge is -2.09. The minimum atomic E-state index is 0. The fraction of sp³-hybridized carbons (Fsp3) is 0.235. The summed E-state index contributed by atoms with van der Waals surface area (Å²) in [5.74, 6) is 0.825. The van der Waals surface area contributed by atoms with Crippen molar-refractivity contribution >= 4 is 29.9 Å². The highest BCUT2D eigenvalue weighted by molar-refractivity contribution is 14.0. The Balaban J connectivity index is 0.00000220. The second kappa shape index (κ2) is 9.39. The van der Waals surface area contributed by atoms with E-state index in [0.29, 0.717) is 0 Å². The topological polar surface area (TPSA) is 36.4 Å². The molecule has 3 nitrogen and oxygen atoms in total. The monoisotopic (exact) mass is 395 g/mol. The van der Waals surface area contributed by atoms with Crippen molar-refractivity contribution in [3.05, 3.63) is 60.2 Å². The Morgan fingerprint density at radius 1 is 0.952 bits per heavy atom. The van der Waals surface area contributed by atoms with E-state index in [1.165, 1.54) is 16.7 Å². The van der Waals surface area contributed by atoms with Crippen molar-refractivity contribution in [2.24, 2.45) is 4.99 Å². The fourth-order valence-electron chi connectivity index (χ4n) is 2.10. The molecule has 4 heteroatoms. The average Bonchev–Trinajstić information content (AvgIpc) is 2.53. The predicted octanol–water partition coefficient (Wildman–Crippen LogP) is 3.31. The molecule has 0 aliphatic rings. The molecule has 0 heterocycles. The third-order valence-corrected chi connectivity index (χ3v) is 3.23. The van der Waals surface area contributed by atoms with Gasteiger partial charge in [-0.05, 0) is 23.1 Å². The van der Waals surface area contributed by atoms with Gasteiger partial charge in [0.25, 0.3) is 0 Å². The molecule has 2 aromatic rings. The lowest BCUT2D eigenvalue weighted by atomic mass is 10.0. The maximum atomic E-state index is 4.09. The highest BCUT2D eigenvalue weighted by atomic mass is 127. The minimum Gasteiger partial charge on any atom is -0.359 e. The maximum absolute atomic E-state index is 4.09. The number of halogens is 1. The molecule has 2 N–H and O–H groups in total. The molecule has 0 fully saturated rings. The zero-order valence-electron chi connectivity index (χ0n) is 12.5. The zero-order chi connectivity index (χ0) is 14.2. The van der Waals surface area contributed by atoms with Crippen molar-refractivity contribution in [1.82, 2.24) is 10.6 Å². The van der Waals surface area contributed by atoms with Gasteiger partial charge in [-0.15, -0.1) is 24.0 Å². The maximum Gasteiger partial charge on any atom is 0.190 e. The van der Waals surface area contributed by atoms with Crippen LogP contribution in [-0.2, 0) is 6.42 Å². The molecular formula is C17H22IN3. The van der Waals surface area contributed by atoms with E-state index in [9.17, 15) is 0 Å². The first kappa shape index (κ1) is 17.5. The van der Waals surface area contributed by atoms with E-state index in [-0.39, 0.29) is 24.0 Å². The van der Waals surface area contributed by atoms with Gasteiger partial charge in [-0.3, -0.25) is 4.99 Å². The third-order valence-electron chi connectivity index (χ3n) is 3.23. The molecule has 0 aromatic heterocycles. The summed E-state index contributed by atoms with van der Waals surface area (Å²) in [4.78, 5) is 4.09. The third kappa shape index (κ3) is 5.38. The summed E-state index contributed by atoms with van der Waals surface area (Å²) in [7, 11) is 3.64. The summed E-state index contributed by atoms with van der Waals surface area (Å²) >= 11 is 0. The summed E-state index contributed by atoms with van der Waals surface area (Å²) in [6.45, 7) is 0.873. The summed E-state index contributed by atoms with van der Waals surface area (Å²) in [6.07, 6.45) is 0.982. The van der Waals surface area contributed by atoms with Crippen LogP contribution >= 0.6 is 24.0 Å². The van der Waals surface area contributed by atoms with Gasteiger partial charge in [0.1, 0.15) is 0 Å². The number of hydrogen-bond acceptors (Lipinski definition) is 1. The van der Waals surface area contributed by atoms with Crippen molar-refractivity contribution in [2.45, 2.75) is 6.42 Å². The Labute approximate surface area is 143 Å². The SMILES string of the molecule is CN=C(NC)NCCc1ccc(-c2ccccc2)cc1.I. The van der Waals surface area contributed by atoms with Crippen molar-refractivity contribution in [1.29, 1.82) is 0 Å². The summed E-state index contributed by atoms with van der Waals surface area (Å²) in [5, 5.41) is 6.26. The molecule has 0 radical (unpaired) electrons. The van der Waals surface area contributed by atoms with Crippen molar-refractivity contribution < 1.29 is 0 Å². The Morgan fingerprint density at radius 2 is 1.57 bits per heavy atom. The molecule has 112 valence electrons. The van der Waals surface area contributed by atoms with Crippen LogP contribution in [0.3, 0.4) is 0 Å². The normalized spacial score (nSPS) is 10.7.